The molecule has 0 N–H and O–H groups in total. The minimum Gasteiger partial charge on any atom is -0.248 e. The first-order valence-electron chi connectivity index (χ1n) is 5.09. The lowest BCUT2D eigenvalue weighted by Crippen LogP contribution is -2.09. The summed E-state index contributed by atoms with van der Waals surface area (Å²) in [4.78, 5) is 4.28. The van der Waals surface area contributed by atoms with Crippen molar-refractivity contribution in [2.75, 3.05) is 5.33 Å². The minimum atomic E-state index is 0.409. The third-order valence-corrected chi connectivity index (χ3v) is 3.37. The van der Waals surface area contributed by atoms with Crippen molar-refractivity contribution in [1.29, 1.82) is 0 Å². The summed E-state index contributed by atoms with van der Waals surface area (Å²) >= 11 is 3.48. The quantitative estimate of drug-likeness (QED) is 0.762. The van der Waals surface area contributed by atoms with Crippen molar-refractivity contribution in [3.8, 4) is 0 Å². The average molecular weight is 260 g/mol. The van der Waals surface area contributed by atoms with Crippen LogP contribution in [0.3, 0.4) is 0 Å². The maximum absolute atomic E-state index is 4.28. The molecule has 0 saturated heterocycles. The summed E-state index contributed by atoms with van der Waals surface area (Å²) in [6.07, 6.45) is 3.83. The second kappa shape index (κ2) is 5.49. The molecule has 1 aromatic heterocycles. The van der Waals surface area contributed by atoms with Crippen molar-refractivity contribution in [3.63, 3.8) is 0 Å². The minimum absolute atomic E-state index is 0.409. The standard InChI is InChI=1S/C10H18BrN3/c1-8(2)14-10(12-7-13-14)5-4-9(3)6-11/h7-9H,4-6H2,1-3H3. The van der Waals surface area contributed by atoms with Gasteiger partial charge in [0.1, 0.15) is 12.2 Å². The van der Waals surface area contributed by atoms with Crippen LogP contribution < -0.4 is 0 Å². The maximum Gasteiger partial charge on any atom is 0.138 e. The highest BCUT2D eigenvalue weighted by atomic mass is 79.9. The first-order valence-corrected chi connectivity index (χ1v) is 6.21. The Morgan fingerprint density at radius 1 is 1.43 bits per heavy atom. The van der Waals surface area contributed by atoms with Crippen molar-refractivity contribution >= 4 is 15.9 Å². The summed E-state index contributed by atoms with van der Waals surface area (Å²) in [6, 6.07) is 0.409. The SMILES string of the molecule is CC(CBr)CCc1ncnn1C(C)C. The number of aryl methyl sites for hydroxylation is 1. The predicted octanol–water partition coefficient (Wildman–Crippen LogP) is 2.82. The summed E-state index contributed by atoms with van der Waals surface area (Å²) in [7, 11) is 0. The number of hydrogen-bond acceptors (Lipinski definition) is 2. The van der Waals surface area contributed by atoms with E-state index in [2.05, 4.69) is 46.8 Å². The van der Waals surface area contributed by atoms with Crippen LogP contribution in [-0.2, 0) is 6.42 Å². The van der Waals surface area contributed by atoms with Crippen molar-refractivity contribution in [3.05, 3.63) is 12.2 Å². The Kier molecular flexibility index (Phi) is 4.58. The Morgan fingerprint density at radius 2 is 2.14 bits per heavy atom. The Labute approximate surface area is 94.0 Å². The van der Waals surface area contributed by atoms with Crippen molar-refractivity contribution in [2.45, 2.75) is 39.7 Å². The maximum atomic E-state index is 4.28. The number of halogens is 1. The van der Waals surface area contributed by atoms with Crippen LogP contribution in [0.25, 0.3) is 0 Å². The highest BCUT2D eigenvalue weighted by Crippen LogP contribution is 2.12. The van der Waals surface area contributed by atoms with E-state index in [-0.39, 0.29) is 0 Å². The molecule has 0 aromatic carbocycles. The molecule has 1 aromatic rings. The molecule has 1 rings (SSSR count). The topological polar surface area (TPSA) is 30.7 Å². The van der Waals surface area contributed by atoms with Gasteiger partial charge in [0, 0.05) is 17.8 Å². The fraction of sp³-hybridized carbons (Fsp3) is 0.800. The highest BCUT2D eigenvalue weighted by molar-refractivity contribution is 9.09. The molecule has 14 heavy (non-hydrogen) atoms. The molecule has 0 spiro atoms. The molecule has 0 aliphatic carbocycles. The van der Waals surface area contributed by atoms with Gasteiger partial charge in [-0.25, -0.2) is 9.67 Å². The zero-order valence-corrected chi connectivity index (χ0v) is 10.7. The van der Waals surface area contributed by atoms with E-state index in [1.54, 1.807) is 6.33 Å². The molecule has 0 amide bonds. The Bertz CT molecular complexity index is 270. The average Bonchev–Trinajstić information content (AvgIpc) is 2.62. The predicted molar refractivity (Wildman–Crippen MR) is 61.7 cm³/mol. The number of nitrogens with zero attached hydrogens (tertiary/aromatic N) is 3. The van der Waals surface area contributed by atoms with E-state index in [1.165, 1.54) is 0 Å². The van der Waals surface area contributed by atoms with Crippen LogP contribution in [0.5, 0.6) is 0 Å². The summed E-state index contributed by atoms with van der Waals surface area (Å²) in [5.74, 6) is 1.81. The second-order valence-electron chi connectivity index (χ2n) is 4.01. The van der Waals surface area contributed by atoms with Gasteiger partial charge in [0.15, 0.2) is 0 Å². The first kappa shape index (κ1) is 11.7. The summed E-state index contributed by atoms with van der Waals surface area (Å²) in [5.41, 5.74) is 0. The van der Waals surface area contributed by atoms with Crippen molar-refractivity contribution in [2.24, 2.45) is 5.92 Å². The van der Waals surface area contributed by atoms with Crippen LogP contribution in [0.1, 0.15) is 39.1 Å². The van der Waals surface area contributed by atoms with Gasteiger partial charge >= 0.3 is 0 Å². The van der Waals surface area contributed by atoms with Gasteiger partial charge in [0.25, 0.3) is 0 Å². The number of alkyl halides is 1. The molecule has 0 aliphatic heterocycles. The zero-order chi connectivity index (χ0) is 10.6. The number of hydrogen-bond donors (Lipinski definition) is 0. The van der Waals surface area contributed by atoms with Gasteiger partial charge in [-0.2, -0.15) is 5.10 Å². The van der Waals surface area contributed by atoms with Crippen LogP contribution in [0.15, 0.2) is 6.33 Å². The van der Waals surface area contributed by atoms with E-state index in [4.69, 9.17) is 0 Å². The molecule has 0 aliphatic rings. The normalized spacial score (nSPS) is 13.5. The molecule has 0 radical (unpaired) electrons. The Hall–Kier alpha value is -0.380. The second-order valence-corrected chi connectivity index (χ2v) is 4.66. The highest BCUT2D eigenvalue weighted by Gasteiger charge is 2.08. The van der Waals surface area contributed by atoms with Gasteiger partial charge in [-0.1, -0.05) is 22.9 Å². The molecule has 0 fully saturated rings. The van der Waals surface area contributed by atoms with Gasteiger partial charge in [-0.3, -0.25) is 0 Å². The molecule has 1 atom stereocenters. The van der Waals surface area contributed by atoms with Gasteiger partial charge in [-0.05, 0) is 26.2 Å². The van der Waals surface area contributed by atoms with E-state index in [9.17, 15) is 0 Å². The summed E-state index contributed by atoms with van der Waals surface area (Å²) in [5, 5.41) is 5.27. The number of aromatic nitrogens is 3. The van der Waals surface area contributed by atoms with E-state index >= 15 is 0 Å². The molecule has 4 heteroatoms. The van der Waals surface area contributed by atoms with Crippen LogP contribution in [0.4, 0.5) is 0 Å². The van der Waals surface area contributed by atoms with Crippen LogP contribution in [0, 0.1) is 5.92 Å². The van der Waals surface area contributed by atoms with Crippen molar-refractivity contribution in [1.82, 2.24) is 14.8 Å². The Morgan fingerprint density at radius 3 is 2.71 bits per heavy atom. The summed E-state index contributed by atoms with van der Waals surface area (Å²) < 4.78 is 2.00. The number of rotatable bonds is 5. The summed E-state index contributed by atoms with van der Waals surface area (Å²) in [6.45, 7) is 6.50. The van der Waals surface area contributed by atoms with Gasteiger partial charge in [-0.15, -0.1) is 0 Å². The Balaban J connectivity index is 2.54. The lowest BCUT2D eigenvalue weighted by Gasteiger charge is -2.10. The molecule has 0 saturated carbocycles. The van der Waals surface area contributed by atoms with Gasteiger partial charge in [0.05, 0.1) is 0 Å². The molecular weight excluding hydrogens is 242 g/mol. The largest absolute Gasteiger partial charge is 0.248 e. The molecule has 1 heterocycles. The fourth-order valence-electron chi connectivity index (χ4n) is 1.34. The third kappa shape index (κ3) is 3.08. The lowest BCUT2D eigenvalue weighted by atomic mass is 10.1. The molecule has 0 bridgehead atoms. The van der Waals surface area contributed by atoms with E-state index in [1.807, 2.05) is 4.68 Å². The van der Waals surface area contributed by atoms with Crippen LogP contribution in [-0.4, -0.2) is 20.1 Å². The lowest BCUT2D eigenvalue weighted by molar-refractivity contribution is 0.486. The zero-order valence-electron chi connectivity index (χ0n) is 9.07. The van der Waals surface area contributed by atoms with Gasteiger partial charge in [0.2, 0.25) is 0 Å². The van der Waals surface area contributed by atoms with Crippen LogP contribution in [0.2, 0.25) is 0 Å². The van der Waals surface area contributed by atoms with E-state index in [0.29, 0.717) is 12.0 Å². The van der Waals surface area contributed by atoms with Gasteiger partial charge < -0.3 is 0 Å². The first-order chi connectivity index (χ1) is 6.65. The molecule has 3 nitrogen and oxygen atoms in total. The molecular formula is C10H18BrN3. The van der Waals surface area contributed by atoms with Crippen molar-refractivity contribution < 1.29 is 0 Å². The van der Waals surface area contributed by atoms with E-state index in [0.717, 1.165) is 24.0 Å². The third-order valence-electron chi connectivity index (χ3n) is 2.26. The molecule has 1 unspecified atom stereocenters. The monoisotopic (exact) mass is 259 g/mol. The van der Waals surface area contributed by atoms with E-state index < -0.39 is 0 Å². The van der Waals surface area contributed by atoms with Crippen LogP contribution >= 0.6 is 15.9 Å². The fourth-order valence-corrected chi connectivity index (χ4v) is 1.66. The molecule has 80 valence electrons. The smallest absolute Gasteiger partial charge is 0.138 e.